The lowest BCUT2D eigenvalue weighted by Crippen LogP contribution is -2.48. The summed E-state index contributed by atoms with van der Waals surface area (Å²) in [6.45, 7) is 13.5. The fourth-order valence-electron chi connectivity index (χ4n) is 3.10. The summed E-state index contributed by atoms with van der Waals surface area (Å²) in [6.07, 6.45) is 0. The van der Waals surface area contributed by atoms with Gasteiger partial charge in [0.15, 0.2) is 0 Å². The lowest BCUT2D eigenvalue weighted by atomic mass is 9.79. The molecule has 1 atom stereocenters. The van der Waals surface area contributed by atoms with E-state index in [4.69, 9.17) is 11.6 Å². The van der Waals surface area contributed by atoms with Gasteiger partial charge < -0.3 is 5.32 Å². The van der Waals surface area contributed by atoms with Gasteiger partial charge in [-0.05, 0) is 35.6 Å². The fourth-order valence-corrected chi connectivity index (χ4v) is 3.32. The summed E-state index contributed by atoms with van der Waals surface area (Å²) in [4.78, 5) is 2.60. The molecule has 1 aromatic rings. The third-order valence-corrected chi connectivity index (χ3v) is 4.10. The minimum Gasteiger partial charge on any atom is -0.314 e. The van der Waals surface area contributed by atoms with E-state index in [0.717, 1.165) is 31.2 Å². The van der Waals surface area contributed by atoms with E-state index in [9.17, 15) is 0 Å². The Morgan fingerprint density at radius 2 is 1.71 bits per heavy atom. The van der Waals surface area contributed by atoms with Gasteiger partial charge in [0.1, 0.15) is 0 Å². The molecule has 0 amide bonds. The molecule has 0 unspecified atom stereocenters. The van der Waals surface area contributed by atoms with E-state index in [2.05, 4.69) is 50.0 Å². The zero-order valence-electron chi connectivity index (χ0n) is 13.3. The SMILES string of the molecule is Cc1cc(Cl)ccc1[C@@H](N1CCNCC1)C(C)(C)C.Cl.Cl. The first-order valence-electron chi connectivity index (χ1n) is 7.10. The number of hydrogen-bond acceptors (Lipinski definition) is 2. The van der Waals surface area contributed by atoms with Gasteiger partial charge in [-0.25, -0.2) is 0 Å². The molecular weight excluding hydrogens is 327 g/mol. The van der Waals surface area contributed by atoms with Crippen LogP contribution in [0, 0.1) is 12.3 Å². The topological polar surface area (TPSA) is 15.3 Å². The van der Waals surface area contributed by atoms with Gasteiger partial charge in [-0.3, -0.25) is 4.90 Å². The molecule has 0 radical (unpaired) electrons. The maximum Gasteiger partial charge on any atom is 0.0408 e. The van der Waals surface area contributed by atoms with Crippen LogP contribution in [0.25, 0.3) is 0 Å². The van der Waals surface area contributed by atoms with Crippen LogP contribution in [0.15, 0.2) is 18.2 Å². The van der Waals surface area contributed by atoms with Gasteiger partial charge in [0.2, 0.25) is 0 Å². The molecule has 1 aromatic carbocycles. The highest BCUT2D eigenvalue weighted by molar-refractivity contribution is 6.30. The average Bonchev–Trinajstić information content (AvgIpc) is 2.32. The molecule has 1 aliphatic rings. The highest BCUT2D eigenvalue weighted by Crippen LogP contribution is 2.39. The molecule has 1 heterocycles. The molecule has 1 aliphatic heterocycles. The molecule has 0 saturated carbocycles. The van der Waals surface area contributed by atoms with Gasteiger partial charge in [0.25, 0.3) is 0 Å². The number of hydrogen-bond donors (Lipinski definition) is 1. The van der Waals surface area contributed by atoms with Crippen LogP contribution < -0.4 is 5.32 Å². The van der Waals surface area contributed by atoms with Crippen molar-refractivity contribution in [2.75, 3.05) is 26.2 Å². The van der Waals surface area contributed by atoms with Gasteiger partial charge in [-0.15, -0.1) is 24.8 Å². The molecular formula is C16H27Cl3N2. The fraction of sp³-hybridized carbons (Fsp3) is 0.625. The highest BCUT2D eigenvalue weighted by atomic mass is 35.5. The average molecular weight is 354 g/mol. The molecule has 1 N–H and O–H groups in total. The Labute approximate surface area is 146 Å². The first-order valence-corrected chi connectivity index (χ1v) is 7.48. The molecule has 2 rings (SSSR count). The lowest BCUT2D eigenvalue weighted by Gasteiger charge is -2.43. The second-order valence-corrected chi connectivity index (χ2v) is 6.99. The van der Waals surface area contributed by atoms with Crippen LogP contribution in [0.3, 0.4) is 0 Å². The summed E-state index contributed by atoms with van der Waals surface area (Å²) in [6, 6.07) is 6.75. The monoisotopic (exact) mass is 352 g/mol. The predicted molar refractivity (Wildman–Crippen MR) is 97.3 cm³/mol. The van der Waals surface area contributed by atoms with Gasteiger partial charge in [0, 0.05) is 37.2 Å². The zero-order valence-corrected chi connectivity index (χ0v) is 15.7. The van der Waals surface area contributed by atoms with Gasteiger partial charge in [0.05, 0.1) is 0 Å². The van der Waals surface area contributed by atoms with E-state index >= 15 is 0 Å². The second-order valence-electron chi connectivity index (χ2n) is 6.56. The van der Waals surface area contributed by atoms with Gasteiger partial charge >= 0.3 is 0 Å². The minimum atomic E-state index is 0. The molecule has 1 fully saturated rings. The number of rotatable bonds is 2. The number of piperazine rings is 1. The quantitative estimate of drug-likeness (QED) is 0.843. The van der Waals surface area contributed by atoms with E-state index in [1.807, 2.05) is 6.07 Å². The van der Waals surface area contributed by atoms with Crippen molar-refractivity contribution in [1.82, 2.24) is 10.2 Å². The second kappa shape index (κ2) is 8.59. The van der Waals surface area contributed by atoms with Crippen LogP contribution in [0.5, 0.6) is 0 Å². The van der Waals surface area contributed by atoms with Crippen molar-refractivity contribution in [2.45, 2.75) is 33.7 Å². The van der Waals surface area contributed by atoms with E-state index in [0.29, 0.717) is 6.04 Å². The highest BCUT2D eigenvalue weighted by Gasteiger charge is 2.33. The molecule has 5 heteroatoms. The van der Waals surface area contributed by atoms with Crippen LogP contribution in [0.1, 0.15) is 37.9 Å². The molecule has 0 aliphatic carbocycles. The summed E-state index contributed by atoms with van der Waals surface area (Å²) in [5, 5.41) is 4.26. The Morgan fingerprint density at radius 1 is 1.14 bits per heavy atom. The standard InChI is InChI=1S/C16H25ClN2.2ClH/c1-12-11-13(17)5-6-14(12)15(16(2,3)4)19-9-7-18-8-10-19;;/h5-6,11,15,18H,7-10H2,1-4H3;2*1H/t15-;;/m1../s1. The third kappa shape index (κ3) is 5.30. The van der Waals surface area contributed by atoms with Gasteiger partial charge in [-0.2, -0.15) is 0 Å². The van der Waals surface area contributed by atoms with Crippen LogP contribution >= 0.6 is 36.4 Å². The maximum absolute atomic E-state index is 6.10. The molecule has 0 aromatic heterocycles. The first kappa shape index (κ1) is 21.0. The van der Waals surface area contributed by atoms with E-state index in [1.165, 1.54) is 11.1 Å². The minimum absolute atomic E-state index is 0. The van der Waals surface area contributed by atoms with Crippen molar-refractivity contribution < 1.29 is 0 Å². The smallest absolute Gasteiger partial charge is 0.0408 e. The van der Waals surface area contributed by atoms with Crippen molar-refractivity contribution in [3.63, 3.8) is 0 Å². The van der Waals surface area contributed by atoms with Crippen molar-refractivity contribution >= 4 is 36.4 Å². The van der Waals surface area contributed by atoms with Crippen molar-refractivity contribution in [3.05, 3.63) is 34.3 Å². The van der Waals surface area contributed by atoms with Crippen molar-refractivity contribution in [3.8, 4) is 0 Å². The third-order valence-electron chi connectivity index (χ3n) is 3.86. The van der Waals surface area contributed by atoms with Crippen LogP contribution in [0.2, 0.25) is 5.02 Å². The van der Waals surface area contributed by atoms with Crippen LogP contribution in [-0.2, 0) is 0 Å². The van der Waals surface area contributed by atoms with Crippen LogP contribution in [-0.4, -0.2) is 31.1 Å². The molecule has 122 valence electrons. The lowest BCUT2D eigenvalue weighted by molar-refractivity contribution is 0.0857. The zero-order chi connectivity index (χ0) is 14.0. The number of nitrogens with zero attached hydrogens (tertiary/aromatic N) is 1. The molecule has 1 saturated heterocycles. The molecule has 0 bridgehead atoms. The normalized spacial score (nSPS) is 17.6. The number of halogens is 3. The Bertz CT molecular complexity index is 438. The molecule has 0 spiro atoms. The van der Waals surface area contributed by atoms with E-state index in [-0.39, 0.29) is 30.2 Å². The van der Waals surface area contributed by atoms with Crippen molar-refractivity contribution in [2.24, 2.45) is 5.41 Å². The summed E-state index contributed by atoms with van der Waals surface area (Å²) >= 11 is 6.10. The summed E-state index contributed by atoms with van der Waals surface area (Å²) in [5.74, 6) is 0. The Morgan fingerprint density at radius 3 is 2.19 bits per heavy atom. The molecule has 2 nitrogen and oxygen atoms in total. The predicted octanol–water partition coefficient (Wildman–Crippen LogP) is 4.48. The summed E-state index contributed by atoms with van der Waals surface area (Å²) in [7, 11) is 0. The van der Waals surface area contributed by atoms with E-state index in [1.54, 1.807) is 0 Å². The number of benzene rings is 1. The number of nitrogens with one attached hydrogen (secondary N) is 1. The molecule has 21 heavy (non-hydrogen) atoms. The van der Waals surface area contributed by atoms with E-state index < -0.39 is 0 Å². The van der Waals surface area contributed by atoms with Crippen molar-refractivity contribution in [1.29, 1.82) is 0 Å². The van der Waals surface area contributed by atoms with Gasteiger partial charge in [-0.1, -0.05) is 38.4 Å². The Kier molecular flexibility index (Phi) is 8.60. The maximum atomic E-state index is 6.10. The first-order chi connectivity index (χ1) is 8.89. The summed E-state index contributed by atoms with van der Waals surface area (Å²) < 4.78 is 0. The Balaban J connectivity index is 0.00000200. The Hall–Kier alpha value is 0.01000. The number of aryl methyl sites for hydroxylation is 1. The summed E-state index contributed by atoms with van der Waals surface area (Å²) in [5.41, 5.74) is 2.93. The van der Waals surface area contributed by atoms with Crippen LogP contribution in [0.4, 0.5) is 0 Å². The largest absolute Gasteiger partial charge is 0.314 e.